The molecule has 1 aromatic rings. The van der Waals surface area contributed by atoms with Gasteiger partial charge in [-0.2, -0.15) is 0 Å². The highest BCUT2D eigenvalue weighted by Gasteiger charge is 2.24. The van der Waals surface area contributed by atoms with E-state index in [0.29, 0.717) is 5.82 Å². The topological polar surface area (TPSA) is 53.4 Å². The van der Waals surface area contributed by atoms with E-state index in [9.17, 15) is 4.79 Å². The number of hydrogen-bond donors (Lipinski definition) is 1. The summed E-state index contributed by atoms with van der Waals surface area (Å²) < 4.78 is 0. The molecule has 16 heavy (non-hydrogen) atoms. The predicted molar refractivity (Wildman–Crippen MR) is 63.7 cm³/mol. The molecule has 88 valence electrons. The molecule has 1 aromatic heterocycles. The first kappa shape index (κ1) is 12.5. The zero-order valence-corrected chi connectivity index (χ0v) is 10.2. The zero-order valence-electron chi connectivity index (χ0n) is 10.2. The highest BCUT2D eigenvalue weighted by atomic mass is 16.4. The van der Waals surface area contributed by atoms with E-state index in [0.717, 1.165) is 5.56 Å². The van der Waals surface area contributed by atoms with E-state index >= 15 is 0 Å². The molecule has 0 fully saturated rings. The number of aliphatic carboxylic acids is 1. The van der Waals surface area contributed by atoms with Gasteiger partial charge in [-0.3, -0.25) is 4.79 Å². The number of hydrogen-bond acceptors (Lipinski definition) is 3. The smallest absolute Gasteiger partial charge is 0.323 e. The Bertz CT molecular complexity index is 366. The maximum Gasteiger partial charge on any atom is 0.323 e. The van der Waals surface area contributed by atoms with Crippen molar-refractivity contribution in [1.82, 2.24) is 4.98 Å². The van der Waals surface area contributed by atoms with Gasteiger partial charge in [0.05, 0.1) is 0 Å². The number of carboxylic acid groups (broad SMARTS) is 1. The standard InChI is InChI=1S/C12H18N2O2/c1-9-5-6-10(13-7-9)14(8-11(15)16)12(2,3)4/h5-7H,8H2,1-4H3,(H,15,16). The first-order valence-electron chi connectivity index (χ1n) is 5.23. The predicted octanol–water partition coefficient (Wildman–Crippen LogP) is 2.08. The van der Waals surface area contributed by atoms with Gasteiger partial charge in [-0.25, -0.2) is 4.98 Å². The summed E-state index contributed by atoms with van der Waals surface area (Å²) in [5.74, 6) is -0.155. The van der Waals surface area contributed by atoms with Crippen LogP contribution >= 0.6 is 0 Å². The Morgan fingerprint density at radius 2 is 2.06 bits per heavy atom. The van der Waals surface area contributed by atoms with E-state index in [1.165, 1.54) is 0 Å². The third-order valence-electron chi connectivity index (χ3n) is 2.28. The van der Waals surface area contributed by atoms with Crippen molar-refractivity contribution in [3.8, 4) is 0 Å². The van der Waals surface area contributed by atoms with Crippen LogP contribution in [0.2, 0.25) is 0 Å². The van der Waals surface area contributed by atoms with Crippen LogP contribution in [0, 0.1) is 6.92 Å². The minimum atomic E-state index is -0.850. The molecule has 0 aliphatic carbocycles. The Balaban J connectivity index is 3.01. The molecular formula is C12H18N2O2. The van der Waals surface area contributed by atoms with Gasteiger partial charge in [-0.1, -0.05) is 6.07 Å². The fourth-order valence-corrected chi connectivity index (χ4v) is 1.42. The molecule has 1 rings (SSSR count). The van der Waals surface area contributed by atoms with Crippen LogP contribution in [-0.4, -0.2) is 28.1 Å². The maximum absolute atomic E-state index is 10.8. The fraction of sp³-hybridized carbons (Fsp3) is 0.500. The Labute approximate surface area is 95.9 Å². The summed E-state index contributed by atoms with van der Waals surface area (Å²) in [6, 6.07) is 3.78. The van der Waals surface area contributed by atoms with Crippen LogP contribution in [-0.2, 0) is 4.79 Å². The zero-order chi connectivity index (χ0) is 12.3. The molecular weight excluding hydrogens is 204 g/mol. The third kappa shape index (κ3) is 3.22. The molecule has 4 heteroatoms. The number of rotatable bonds is 3. The van der Waals surface area contributed by atoms with E-state index in [2.05, 4.69) is 4.98 Å². The van der Waals surface area contributed by atoms with Crippen molar-refractivity contribution >= 4 is 11.8 Å². The molecule has 0 atom stereocenters. The van der Waals surface area contributed by atoms with Gasteiger partial charge >= 0.3 is 5.97 Å². The van der Waals surface area contributed by atoms with Gasteiger partial charge < -0.3 is 10.0 Å². The normalized spacial score (nSPS) is 11.2. The van der Waals surface area contributed by atoms with Gasteiger partial charge in [-0.05, 0) is 39.3 Å². The number of anilines is 1. The molecule has 0 bridgehead atoms. The van der Waals surface area contributed by atoms with Crippen LogP contribution in [0.15, 0.2) is 18.3 Å². The molecule has 0 spiro atoms. The summed E-state index contributed by atoms with van der Waals surface area (Å²) in [6.45, 7) is 7.82. The molecule has 0 aliphatic heterocycles. The molecule has 0 radical (unpaired) electrons. The lowest BCUT2D eigenvalue weighted by Crippen LogP contribution is -2.45. The van der Waals surface area contributed by atoms with Crippen LogP contribution in [0.5, 0.6) is 0 Å². The highest BCUT2D eigenvalue weighted by Crippen LogP contribution is 2.21. The minimum Gasteiger partial charge on any atom is -0.480 e. The molecule has 0 aromatic carbocycles. The first-order valence-corrected chi connectivity index (χ1v) is 5.23. The fourth-order valence-electron chi connectivity index (χ4n) is 1.42. The second kappa shape index (κ2) is 4.51. The van der Waals surface area contributed by atoms with Crippen molar-refractivity contribution in [2.75, 3.05) is 11.4 Å². The molecule has 0 amide bonds. The van der Waals surface area contributed by atoms with Gasteiger partial charge in [0, 0.05) is 11.7 Å². The van der Waals surface area contributed by atoms with Crippen LogP contribution in [0.1, 0.15) is 26.3 Å². The van der Waals surface area contributed by atoms with Gasteiger partial charge in [0.2, 0.25) is 0 Å². The second-order valence-corrected chi connectivity index (χ2v) is 4.84. The van der Waals surface area contributed by atoms with E-state index in [4.69, 9.17) is 5.11 Å². The molecule has 0 aliphatic rings. The molecule has 0 saturated heterocycles. The van der Waals surface area contributed by atoms with Crippen LogP contribution in [0.4, 0.5) is 5.82 Å². The van der Waals surface area contributed by atoms with Gasteiger partial charge in [0.1, 0.15) is 12.4 Å². The average Bonchev–Trinajstić information content (AvgIpc) is 2.14. The van der Waals surface area contributed by atoms with Crippen molar-refractivity contribution in [1.29, 1.82) is 0 Å². The summed E-state index contributed by atoms with van der Waals surface area (Å²) in [7, 11) is 0. The van der Waals surface area contributed by atoms with Crippen molar-refractivity contribution in [3.63, 3.8) is 0 Å². The molecule has 0 unspecified atom stereocenters. The molecule has 1 N–H and O–H groups in total. The number of aryl methyl sites for hydroxylation is 1. The molecule has 4 nitrogen and oxygen atoms in total. The lowest BCUT2D eigenvalue weighted by Gasteiger charge is -2.35. The Morgan fingerprint density at radius 1 is 1.44 bits per heavy atom. The van der Waals surface area contributed by atoms with Crippen molar-refractivity contribution < 1.29 is 9.90 Å². The quantitative estimate of drug-likeness (QED) is 0.850. The second-order valence-electron chi connectivity index (χ2n) is 4.84. The van der Waals surface area contributed by atoms with E-state index < -0.39 is 5.97 Å². The Kier molecular flexibility index (Phi) is 3.52. The maximum atomic E-state index is 10.8. The Hall–Kier alpha value is -1.58. The van der Waals surface area contributed by atoms with Crippen molar-refractivity contribution in [2.24, 2.45) is 0 Å². The summed E-state index contributed by atoms with van der Waals surface area (Å²) >= 11 is 0. The van der Waals surface area contributed by atoms with Crippen LogP contribution in [0.3, 0.4) is 0 Å². The Morgan fingerprint density at radius 3 is 2.44 bits per heavy atom. The summed E-state index contributed by atoms with van der Waals surface area (Å²) in [6.07, 6.45) is 1.75. The van der Waals surface area contributed by atoms with E-state index in [-0.39, 0.29) is 12.1 Å². The van der Waals surface area contributed by atoms with Gasteiger partial charge in [0.15, 0.2) is 0 Å². The minimum absolute atomic E-state index is 0.0421. The van der Waals surface area contributed by atoms with Crippen molar-refractivity contribution in [2.45, 2.75) is 33.2 Å². The SMILES string of the molecule is Cc1ccc(N(CC(=O)O)C(C)(C)C)nc1. The first-order chi connectivity index (χ1) is 7.30. The number of aromatic nitrogens is 1. The van der Waals surface area contributed by atoms with E-state index in [1.807, 2.05) is 39.8 Å². The van der Waals surface area contributed by atoms with Crippen molar-refractivity contribution in [3.05, 3.63) is 23.9 Å². The third-order valence-corrected chi connectivity index (χ3v) is 2.28. The van der Waals surface area contributed by atoms with E-state index in [1.54, 1.807) is 11.1 Å². The number of pyridine rings is 1. The lowest BCUT2D eigenvalue weighted by atomic mass is 10.1. The number of carbonyl (C=O) groups is 1. The lowest BCUT2D eigenvalue weighted by molar-refractivity contribution is -0.135. The average molecular weight is 222 g/mol. The largest absolute Gasteiger partial charge is 0.480 e. The molecule has 1 heterocycles. The molecule has 0 saturated carbocycles. The monoisotopic (exact) mass is 222 g/mol. The van der Waals surface area contributed by atoms with Gasteiger partial charge in [0.25, 0.3) is 0 Å². The number of carboxylic acids is 1. The van der Waals surface area contributed by atoms with Gasteiger partial charge in [-0.15, -0.1) is 0 Å². The summed E-state index contributed by atoms with van der Waals surface area (Å²) in [5, 5.41) is 8.89. The summed E-state index contributed by atoms with van der Waals surface area (Å²) in [5.41, 5.74) is 0.800. The highest BCUT2D eigenvalue weighted by molar-refractivity contribution is 5.73. The summed E-state index contributed by atoms with van der Waals surface area (Å²) in [4.78, 5) is 16.9. The number of nitrogens with zero attached hydrogens (tertiary/aromatic N) is 2. The van der Waals surface area contributed by atoms with Crippen LogP contribution in [0.25, 0.3) is 0 Å². The van der Waals surface area contributed by atoms with Crippen LogP contribution < -0.4 is 4.90 Å².